The number of nitrogens with one attached hydrogen (secondary N) is 1. The molecule has 0 spiro atoms. The van der Waals surface area contributed by atoms with Crippen LogP contribution in [0.15, 0.2) is 48.9 Å². The predicted octanol–water partition coefficient (Wildman–Crippen LogP) is 3.33. The van der Waals surface area contributed by atoms with E-state index in [0.717, 1.165) is 17.9 Å². The zero-order valence-corrected chi connectivity index (χ0v) is 10.4. The highest BCUT2D eigenvalue weighted by atomic mass is 16.5. The molecule has 90 valence electrons. The minimum absolute atomic E-state index is 0.0468. The van der Waals surface area contributed by atoms with Gasteiger partial charge in [0.15, 0.2) is 5.88 Å². The van der Waals surface area contributed by atoms with Gasteiger partial charge in [-0.05, 0) is 19.4 Å². The highest BCUT2D eigenvalue weighted by molar-refractivity contribution is 5.51. The van der Waals surface area contributed by atoms with Gasteiger partial charge in [-0.1, -0.05) is 36.4 Å². The third-order valence-electron chi connectivity index (χ3n) is 3.00. The van der Waals surface area contributed by atoms with Crippen LogP contribution in [0.25, 0.3) is 6.08 Å². The van der Waals surface area contributed by atoms with Crippen LogP contribution in [0.1, 0.15) is 25.8 Å². The number of rotatable bonds is 3. The molecular formula is C15H19NO. The van der Waals surface area contributed by atoms with Crippen molar-refractivity contribution in [3.05, 3.63) is 54.4 Å². The summed E-state index contributed by atoms with van der Waals surface area (Å²) in [5.41, 5.74) is 1.10. The molecule has 0 amide bonds. The number of hydrogen-bond acceptors (Lipinski definition) is 2. The van der Waals surface area contributed by atoms with Gasteiger partial charge in [0, 0.05) is 12.5 Å². The fourth-order valence-corrected chi connectivity index (χ4v) is 1.99. The molecule has 1 fully saturated rings. The molecular weight excluding hydrogens is 210 g/mol. The van der Waals surface area contributed by atoms with Crippen LogP contribution in [0.2, 0.25) is 0 Å². The first-order valence-electron chi connectivity index (χ1n) is 5.94. The van der Waals surface area contributed by atoms with Crippen molar-refractivity contribution >= 4 is 6.08 Å². The second kappa shape index (κ2) is 4.66. The van der Waals surface area contributed by atoms with Crippen molar-refractivity contribution in [2.75, 3.05) is 0 Å². The third kappa shape index (κ3) is 2.70. The predicted molar refractivity (Wildman–Crippen MR) is 71.3 cm³/mol. The molecule has 1 aliphatic heterocycles. The van der Waals surface area contributed by atoms with E-state index in [1.165, 1.54) is 0 Å². The molecule has 0 saturated carbocycles. The number of ether oxygens (including phenoxy) is 1. The molecule has 1 aromatic carbocycles. The van der Waals surface area contributed by atoms with Gasteiger partial charge in [-0.25, -0.2) is 0 Å². The molecule has 1 aliphatic rings. The number of hydrogen-bond donors (Lipinski definition) is 1. The average molecular weight is 229 g/mol. The average Bonchev–Trinajstić information content (AvgIpc) is 2.55. The van der Waals surface area contributed by atoms with Crippen molar-refractivity contribution in [3.8, 4) is 0 Å². The maximum Gasteiger partial charge on any atom is 0.188 e. The maximum absolute atomic E-state index is 5.90. The van der Waals surface area contributed by atoms with Crippen LogP contribution in [0, 0.1) is 0 Å². The Balaban J connectivity index is 2.15. The molecule has 1 unspecified atom stereocenters. The minimum Gasteiger partial charge on any atom is -0.473 e. The fourth-order valence-electron chi connectivity index (χ4n) is 1.99. The normalized spacial score (nSPS) is 24.1. The SMILES string of the molecule is C=CCC1OC(=Cc2ccccc2)NC1(C)C. The molecule has 1 N–H and O–H groups in total. The van der Waals surface area contributed by atoms with Gasteiger partial charge in [-0.15, -0.1) is 6.58 Å². The second-order valence-corrected chi connectivity index (χ2v) is 4.90. The van der Waals surface area contributed by atoms with Gasteiger partial charge in [0.25, 0.3) is 0 Å². The Morgan fingerprint density at radius 3 is 2.71 bits per heavy atom. The molecule has 0 aliphatic carbocycles. The van der Waals surface area contributed by atoms with Crippen LogP contribution >= 0.6 is 0 Å². The van der Waals surface area contributed by atoms with Gasteiger partial charge in [0.05, 0.1) is 5.54 Å². The molecule has 1 saturated heterocycles. The molecule has 1 heterocycles. The van der Waals surface area contributed by atoms with Crippen LogP contribution in [-0.2, 0) is 4.74 Å². The summed E-state index contributed by atoms with van der Waals surface area (Å²) in [5, 5.41) is 3.40. The standard InChI is InChI=1S/C15H19NO/c1-4-8-13-15(2,3)16-14(17-13)11-12-9-6-5-7-10-12/h4-7,9-11,13,16H,1,8H2,2-3H3. The van der Waals surface area contributed by atoms with Crippen molar-refractivity contribution in [1.82, 2.24) is 5.32 Å². The van der Waals surface area contributed by atoms with Gasteiger partial charge in [-0.3, -0.25) is 0 Å². The van der Waals surface area contributed by atoms with Crippen molar-refractivity contribution in [3.63, 3.8) is 0 Å². The Morgan fingerprint density at radius 2 is 2.06 bits per heavy atom. The highest BCUT2D eigenvalue weighted by Crippen LogP contribution is 2.28. The Bertz CT molecular complexity index is 420. The molecule has 0 radical (unpaired) electrons. The second-order valence-electron chi connectivity index (χ2n) is 4.90. The van der Waals surface area contributed by atoms with Crippen LogP contribution < -0.4 is 5.32 Å². The third-order valence-corrected chi connectivity index (χ3v) is 3.00. The van der Waals surface area contributed by atoms with E-state index in [1.807, 2.05) is 30.4 Å². The lowest BCUT2D eigenvalue weighted by Gasteiger charge is -2.22. The fraction of sp³-hybridized carbons (Fsp3) is 0.333. The molecule has 17 heavy (non-hydrogen) atoms. The van der Waals surface area contributed by atoms with Crippen molar-refractivity contribution < 1.29 is 4.74 Å². The molecule has 0 bridgehead atoms. The lowest BCUT2D eigenvalue weighted by molar-refractivity contribution is 0.130. The summed E-state index contributed by atoms with van der Waals surface area (Å²) in [6.45, 7) is 8.06. The Labute approximate surface area is 103 Å². The first-order chi connectivity index (χ1) is 8.12. The Morgan fingerprint density at radius 1 is 1.35 bits per heavy atom. The largest absolute Gasteiger partial charge is 0.473 e. The van der Waals surface area contributed by atoms with Crippen LogP contribution in [0.5, 0.6) is 0 Å². The summed E-state index contributed by atoms with van der Waals surface area (Å²) in [4.78, 5) is 0. The van der Waals surface area contributed by atoms with Gasteiger partial charge in [0.1, 0.15) is 6.10 Å². The molecule has 2 heteroatoms. The van der Waals surface area contributed by atoms with E-state index in [4.69, 9.17) is 4.74 Å². The van der Waals surface area contributed by atoms with Gasteiger partial charge >= 0.3 is 0 Å². The van der Waals surface area contributed by atoms with Gasteiger partial charge < -0.3 is 10.1 Å². The van der Waals surface area contributed by atoms with E-state index in [1.54, 1.807) is 0 Å². The first kappa shape index (κ1) is 11.8. The monoisotopic (exact) mass is 229 g/mol. The van der Waals surface area contributed by atoms with Crippen molar-refractivity contribution in [2.45, 2.75) is 31.9 Å². The Kier molecular flexibility index (Phi) is 3.23. The van der Waals surface area contributed by atoms with Crippen LogP contribution in [-0.4, -0.2) is 11.6 Å². The quantitative estimate of drug-likeness (QED) is 0.803. The van der Waals surface area contributed by atoms with Gasteiger partial charge in [0.2, 0.25) is 0 Å². The molecule has 1 aromatic rings. The minimum atomic E-state index is -0.0468. The number of benzene rings is 1. The Hall–Kier alpha value is -1.70. The smallest absolute Gasteiger partial charge is 0.188 e. The summed E-state index contributed by atoms with van der Waals surface area (Å²) >= 11 is 0. The van der Waals surface area contributed by atoms with E-state index < -0.39 is 0 Å². The zero-order chi connectivity index (χ0) is 12.3. The van der Waals surface area contributed by atoms with Crippen LogP contribution in [0.4, 0.5) is 0 Å². The summed E-state index contributed by atoms with van der Waals surface area (Å²) in [7, 11) is 0. The lowest BCUT2D eigenvalue weighted by Crippen LogP contribution is -2.40. The van der Waals surface area contributed by atoms with Crippen molar-refractivity contribution in [2.24, 2.45) is 0 Å². The summed E-state index contributed by atoms with van der Waals surface area (Å²) in [6, 6.07) is 10.2. The van der Waals surface area contributed by atoms with E-state index in [-0.39, 0.29) is 11.6 Å². The topological polar surface area (TPSA) is 21.3 Å². The molecule has 0 aromatic heterocycles. The summed E-state index contributed by atoms with van der Waals surface area (Å²) in [5.74, 6) is 0.841. The summed E-state index contributed by atoms with van der Waals surface area (Å²) < 4.78 is 5.90. The van der Waals surface area contributed by atoms with E-state index in [2.05, 4.69) is 37.9 Å². The van der Waals surface area contributed by atoms with Gasteiger partial charge in [-0.2, -0.15) is 0 Å². The molecule has 2 nitrogen and oxygen atoms in total. The summed E-state index contributed by atoms with van der Waals surface area (Å²) in [6.07, 6.45) is 4.94. The van der Waals surface area contributed by atoms with E-state index >= 15 is 0 Å². The first-order valence-corrected chi connectivity index (χ1v) is 5.94. The van der Waals surface area contributed by atoms with E-state index in [9.17, 15) is 0 Å². The molecule has 1 atom stereocenters. The van der Waals surface area contributed by atoms with E-state index in [0.29, 0.717) is 0 Å². The molecule has 2 rings (SSSR count). The zero-order valence-electron chi connectivity index (χ0n) is 10.4. The maximum atomic E-state index is 5.90. The lowest BCUT2D eigenvalue weighted by atomic mass is 9.96. The highest BCUT2D eigenvalue weighted by Gasteiger charge is 2.37. The van der Waals surface area contributed by atoms with Crippen LogP contribution in [0.3, 0.4) is 0 Å². The van der Waals surface area contributed by atoms with Crippen molar-refractivity contribution in [1.29, 1.82) is 0 Å².